The van der Waals surface area contributed by atoms with Gasteiger partial charge in [-0.1, -0.05) is 12.8 Å². The van der Waals surface area contributed by atoms with Crippen LogP contribution in [0.4, 0.5) is 4.79 Å². The van der Waals surface area contributed by atoms with Crippen LogP contribution in [0, 0.1) is 0 Å². The molecule has 0 unspecified atom stereocenters. The number of nitrogens with zero attached hydrogens (tertiary/aromatic N) is 1. The lowest BCUT2D eigenvalue weighted by molar-refractivity contribution is -0.127. The van der Waals surface area contributed by atoms with Gasteiger partial charge in [-0.05, 0) is 49.4 Å². The molecular formula is C22H28N4O4. The number of hydrogen-bond acceptors (Lipinski definition) is 4. The maximum absolute atomic E-state index is 12.7. The van der Waals surface area contributed by atoms with E-state index in [0.717, 1.165) is 47.9 Å². The van der Waals surface area contributed by atoms with Crippen LogP contribution in [0.5, 0.6) is 5.75 Å². The highest BCUT2D eigenvalue weighted by atomic mass is 16.5. The van der Waals surface area contributed by atoms with Gasteiger partial charge in [0.1, 0.15) is 11.8 Å². The van der Waals surface area contributed by atoms with Gasteiger partial charge in [0.15, 0.2) is 0 Å². The highest BCUT2D eigenvalue weighted by Crippen LogP contribution is 2.24. The average Bonchev–Trinajstić information content (AvgIpc) is 3.45. The summed E-state index contributed by atoms with van der Waals surface area (Å²) in [5.74, 6) is 0.454. The zero-order chi connectivity index (χ0) is 21.1. The number of aromatic nitrogens is 1. The number of urea groups is 1. The van der Waals surface area contributed by atoms with Crippen LogP contribution in [0.15, 0.2) is 24.4 Å². The molecule has 1 aliphatic heterocycles. The van der Waals surface area contributed by atoms with Gasteiger partial charge < -0.3 is 20.4 Å². The monoisotopic (exact) mass is 412 g/mol. The number of fused-ring (bicyclic) bond motifs is 1. The topological polar surface area (TPSA) is 104 Å². The minimum absolute atomic E-state index is 0.0462. The first-order valence-electron chi connectivity index (χ1n) is 10.6. The molecule has 8 heteroatoms. The van der Waals surface area contributed by atoms with Crippen molar-refractivity contribution in [2.75, 3.05) is 13.7 Å². The summed E-state index contributed by atoms with van der Waals surface area (Å²) in [4.78, 5) is 41.6. The number of rotatable bonds is 8. The molecule has 2 aromatic rings. The molecule has 4 amide bonds. The third kappa shape index (κ3) is 4.27. The predicted molar refractivity (Wildman–Crippen MR) is 112 cm³/mol. The van der Waals surface area contributed by atoms with Crippen molar-refractivity contribution >= 4 is 28.7 Å². The first-order chi connectivity index (χ1) is 14.5. The maximum Gasteiger partial charge on any atom is 0.324 e. The van der Waals surface area contributed by atoms with Crippen LogP contribution in [0.1, 0.15) is 44.1 Å². The highest BCUT2D eigenvalue weighted by molar-refractivity contribution is 6.04. The Bertz CT molecular complexity index is 948. The molecule has 0 spiro atoms. The number of hydrogen-bond donors (Lipinski definition) is 3. The fraction of sp³-hybridized carbons (Fsp3) is 0.500. The fourth-order valence-corrected chi connectivity index (χ4v) is 4.35. The molecule has 1 aromatic heterocycles. The van der Waals surface area contributed by atoms with Crippen molar-refractivity contribution in [2.45, 2.75) is 57.0 Å². The molecule has 1 saturated heterocycles. The minimum Gasteiger partial charge on any atom is -0.497 e. The first kappa shape index (κ1) is 20.3. The molecule has 2 aliphatic rings. The molecule has 2 heterocycles. The SMILES string of the molecule is COc1ccc2[nH]cc(CCN3C(=O)N[C@H](CCC(=O)NC4CCCC4)C3=O)c2c1. The summed E-state index contributed by atoms with van der Waals surface area (Å²) < 4.78 is 5.29. The zero-order valence-electron chi connectivity index (χ0n) is 17.2. The number of methoxy groups -OCH3 is 1. The van der Waals surface area contributed by atoms with Crippen LogP contribution in [0.3, 0.4) is 0 Å². The average molecular weight is 412 g/mol. The van der Waals surface area contributed by atoms with Crippen molar-refractivity contribution < 1.29 is 19.1 Å². The van der Waals surface area contributed by atoms with Gasteiger partial charge >= 0.3 is 6.03 Å². The molecule has 4 rings (SSSR count). The van der Waals surface area contributed by atoms with Gasteiger partial charge in [-0.2, -0.15) is 0 Å². The van der Waals surface area contributed by atoms with E-state index in [1.165, 1.54) is 4.90 Å². The molecule has 2 fully saturated rings. The molecule has 0 radical (unpaired) electrons. The van der Waals surface area contributed by atoms with Gasteiger partial charge in [-0.25, -0.2) is 4.79 Å². The van der Waals surface area contributed by atoms with Crippen molar-refractivity contribution in [3.63, 3.8) is 0 Å². The van der Waals surface area contributed by atoms with E-state index in [4.69, 9.17) is 4.74 Å². The molecule has 0 bridgehead atoms. The Morgan fingerprint density at radius 1 is 1.27 bits per heavy atom. The first-order valence-corrected chi connectivity index (χ1v) is 10.6. The van der Waals surface area contributed by atoms with Gasteiger partial charge in [0.05, 0.1) is 7.11 Å². The van der Waals surface area contributed by atoms with Crippen molar-refractivity contribution in [1.29, 1.82) is 0 Å². The number of H-pyrrole nitrogens is 1. The summed E-state index contributed by atoms with van der Waals surface area (Å²) in [6.07, 6.45) is 7.36. The number of ether oxygens (including phenoxy) is 1. The molecule has 1 atom stereocenters. The molecule has 160 valence electrons. The van der Waals surface area contributed by atoms with E-state index in [0.29, 0.717) is 19.4 Å². The van der Waals surface area contributed by atoms with E-state index in [2.05, 4.69) is 15.6 Å². The number of carbonyl (C=O) groups excluding carboxylic acids is 3. The number of amides is 4. The lowest BCUT2D eigenvalue weighted by atomic mass is 10.1. The van der Waals surface area contributed by atoms with E-state index in [1.54, 1.807) is 7.11 Å². The molecule has 1 aliphatic carbocycles. The molecular weight excluding hydrogens is 384 g/mol. The lowest BCUT2D eigenvalue weighted by Crippen LogP contribution is -2.35. The van der Waals surface area contributed by atoms with Crippen LogP contribution in [-0.4, -0.2) is 53.5 Å². The quantitative estimate of drug-likeness (QED) is 0.580. The third-order valence-corrected chi connectivity index (χ3v) is 6.07. The Balaban J connectivity index is 1.31. The van der Waals surface area contributed by atoms with Crippen LogP contribution in [0.25, 0.3) is 10.9 Å². The summed E-state index contributed by atoms with van der Waals surface area (Å²) in [6.45, 7) is 0.291. The van der Waals surface area contributed by atoms with Crippen molar-refractivity contribution in [3.8, 4) is 5.75 Å². The molecule has 8 nitrogen and oxygen atoms in total. The summed E-state index contributed by atoms with van der Waals surface area (Å²) >= 11 is 0. The van der Waals surface area contributed by atoms with Gasteiger partial charge in [-0.3, -0.25) is 14.5 Å². The predicted octanol–water partition coefficient (Wildman–Crippen LogP) is 2.48. The van der Waals surface area contributed by atoms with E-state index in [-0.39, 0.29) is 24.3 Å². The Labute approximate surface area is 175 Å². The normalized spacial score (nSPS) is 19.5. The van der Waals surface area contributed by atoms with E-state index in [1.807, 2.05) is 24.4 Å². The standard InChI is InChI=1S/C22H28N4O4/c1-30-16-6-7-18-17(12-16)14(13-23-18)10-11-26-21(28)19(25-22(26)29)8-9-20(27)24-15-4-2-3-5-15/h6-7,12-13,15,19,23H,2-5,8-11H2,1H3,(H,24,27)(H,25,29)/t19-/m1/s1. The van der Waals surface area contributed by atoms with Crippen LogP contribution in [-0.2, 0) is 16.0 Å². The Kier molecular flexibility index (Phi) is 5.92. The number of aromatic amines is 1. The summed E-state index contributed by atoms with van der Waals surface area (Å²) in [6, 6.07) is 5.01. The number of nitrogens with one attached hydrogen (secondary N) is 3. The second kappa shape index (κ2) is 8.77. The van der Waals surface area contributed by atoms with Crippen molar-refractivity contribution in [3.05, 3.63) is 30.0 Å². The number of imide groups is 1. The van der Waals surface area contributed by atoms with Gasteiger partial charge in [0.2, 0.25) is 5.91 Å². The second-order valence-corrected chi connectivity index (χ2v) is 8.05. The van der Waals surface area contributed by atoms with Gasteiger partial charge in [0, 0.05) is 36.1 Å². The Hall–Kier alpha value is -3.03. The Morgan fingerprint density at radius 2 is 2.07 bits per heavy atom. The fourth-order valence-electron chi connectivity index (χ4n) is 4.35. The van der Waals surface area contributed by atoms with Gasteiger partial charge in [0.25, 0.3) is 5.91 Å². The summed E-state index contributed by atoms with van der Waals surface area (Å²) in [5.41, 5.74) is 2.00. The van der Waals surface area contributed by atoms with Gasteiger partial charge in [-0.15, -0.1) is 0 Å². The maximum atomic E-state index is 12.7. The van der Waals surface area contributed by atoms with Crippen LogP contribution >= 0.6 is 0 Å². The van der Waals surface area contributed by atoms with E-state index < -0.39 is 12.1 Å². The molecule has 30 heavy (non-hydrogen) atoms. The minimum atomic E-state index is -0.630. The van der Waals surface area contributed by atoms with Crippen molar-refractivity contribution in [2.24, 2.45) is 0 Å². The molecule has 1 aromatic carbocycles. The van der Waals surface area contributed by atoms with Crippen molar-refractivity contribution in [1.82, 2.24) is 20.5 Å². The summed E-state index contributed by atoms with van der Waals surface area (Å²) in [7, 11) is 1.62. The third-order valence-electron chi connectivity index (χ3n) is 6.07. The van der Waals surface area contributed by atoms with E-state index >= 15 is 0 Å². The molecule has 3 N–H and O–H groups in total. The highest BCUT2D eigenvalue weighted by Gasteiger charge is 2.37. The second-order valence-electron chi connectivity index (χ2n) is 8.05. The lowest BCUT2D eigenvalue weighted by Gasteiger charge is -2.14. The number of benzene rings is 1. The summed E-state index contributed by atoms with van der Waals surface area (Å²) in [5, 5.41) is 6.75. The van der Waals surface area contributed by atoms with E-state index in [9.17, 15) is 14.4 Å². The molecule has 1 saturated carbocycles. The number of carbonyl (C=O) groups is 3. The van der Waals surface area contributed by atoms with Crippen LogP contribution < -0.4 is 15.4 Å². The van der Waals surface area contributed by atoms with Crippen LogP contribution in [0.2, 0.25) is 0 Å². The smallest absolute Gasteiger partial charge is 0.324 e. The Morgan fingerprint density at radius 3 is 2.83 bits per heavy atom. The zero-order valence-corrected chi connectivity index (χ0v) is 17.2. The largest absolute Gasteiger partial charge is 0.497 e.